The molecule has 152 valence electrons. The second kappa shape index (κ2) is 7.30. The SMILES string of the molecule is CC(F)(c1ccc2c(c1)CCC1NCCC21Cc1ccccn1)C(F)(F)F.Cl. The lowest BCUT2D eigenvalue weighted by Gasteiger charge is -2.41. The molecular formula is C21H23ClF4N2. The summed E-state index contributed by atoms with van der Waals surface area (Å²) in [4.78, 5) is 4.45. The molecule has 0 bridgehead atoms. The molecule has 3 atom stereocenters. The third-order valence-electron chi connectivity index (χ3n) is 6.27. The molecule has 1 fully saturated rings. The summed E-state index contributed by atoms with van der Waals surface area (Å²) in [5.74, 6) is 0. The maximum Gasteiger partial charge on any atom is 0.426 e. The summed E-state index contributed by atoms with van der Waals surface area (Å²) in [5.41, 5.74) is -1.03. The average molecular weight is 415 g/mol. The molecule has 2 nitrogen and oxygen atoms in total. The number of nitrogens with zero attached hydrogens (tertiary/aromatic N) is 1. The molecule has 0 radical (unpaired) electrons. The van der Waals surface area contributed by atoms with Crippen molar-refractivity contribution in [3.8, 4) is 0 Å². The van der Waals surface area contributed by atoms with Crippen molar-refractivity contribution in [2.24, 2.45) is 0 Å². The fraction of sp³-hybridized carbons (Fsp3) is 0.476. The minimum Gasteiger partial charge on any atom is -0.313 e. The van der Waals surface area contributed by atoms with Crippen LogP contribution in [0.5, 0.6) is 0 Å². The molecule has 1 N–H and O–H groups in total. The smallest absolute Gasteiger partial charge is 0.313 e. The Bertz CT molecular complexity index is 838. The first kappa shape index (κ1) is 21.1. The Labute approximate surface area is 168 Å². The molecule has 1 aliphatic carbocycles. The van der Waals surface area contributed by atoms with E-state index in [1.165, 1.54) is 12.1 Å². The summed E-state index contributed by atoms with van der Waals surface area (Å²) < 4.78 is 53.9. The number of alkyl halides is 4. The van der Waals surface area contributed by atoms with Crippen LogP contribution < -0.4 is 5.32 Å². The van der Waals surface area contributed by atoms with E-state index in [9.17, 15) is 17.6 Å². The van der Waals surface area contributed by atoms with Crippen molar-refractivity contribution >= 4 is 12.4 Å². The van der Waals surface area contributed by atoms with Crippen LogP contribution in [0.15, 0.2) is 42.6 Å². The molecule has 0 amide bonds. The number of nitrogens with one attached hydrogen (secondary N) is 1. The van der Waals surface area contributed by atoms with E-state index in [-0.39, 0.29) is 29.4 Å². The Morgan fingerprint density at radius 1 is 1.18 bits per heavy atom. The predicted molar refractivity (Wildman–Crippen MR) is 103 cm³/mol. The minimum absolute atomic E-state index is 0. The van der Waals surface area contributed by atoms with Crippen LogP contribution >= 0.6 is 12.4 Å². The van der Waals surface area contributed by atoms with Crippen molar-refractivity contribution < 1.29 is 17.6 Å². The van der Waals surface area contributed by atoms with Crippen LogP contribution in [0.4, 0.5) is 17.6 Å². The summed E-state index contributed by atoms with van der Waals surface area (Å²) in [6.07, 6.45) is -0.0686. The van der Waals surface area contributed by atoms with Gasteiger partial charge in [0.15, 0.2) is 0 Å². The molecule has 1 aromatic heterocycles. The van der Waals surface area contributed by atoms with Crippen molar-refractivity contribution in [2.75, 3.05) is 6.54 Å². The number of aromatic nitrogens is 1. The topological polar surface area (TPSA) is 24.9 Å². The van der Waals surface area contributed by atoms with E-state index in [0.29, 0.717) is 13.3 Å². The van der Waals surface area contributed by atoms with Gasteiger partial charge in [-0.05, 0) is 61.6 Å². The van der Waals surface area contributed by atoms with E-state index in [1.54, 1.807) is 12.3 Å². The van der Waals surface area contributed by atoms with Crippen LogP contribution in [-0.4, -0.2) is 23.7 Å². The van der Waals surface area contributed by atoms with Gasteiger partial charge in [0.25, 0.3) is 0 Å². The van der Waals surface area contributed by atoms with Gasteiger partial charge in [-0.2, -0.15) is 13.2 Å². The molecule has 1 aromatic carbocycles. The number of aryl methyl sites for hydroxylation is 1. The summed E-state index contributed by atoms with van der Waals surface area (Å²) in [6.45, 7) is 1.46. The van der Waals surface area contributed by atoms with E-state index in [0.717, 1.165) is 42.6 Å². The Morgan fingerprint density at radius 2 is 1.96 bits per heavy atom. The third-order valence-corrected chi connectivity index (χ3v) is 6.27. The number of hydrogen-bond donors (Lipinski definition) is 1. The second-order valence-corrected chi connectivity index (χ2v) is 7.82. The summed E-state index contributed by atoms with van der Waals surface area (Å²) in [6, 6.07) is 10.5. The van der Waals surface area contributed by atoms with Crippen LogP contribution in [0.3, 0.4) is 0 Å². The zero-order valence-corrected chi connectivity index (χ0v) is 16.3. The van der Waals surface area contributed by atoms with E-state index < -0.39 is 11.8 Å². The molecule has 0 saturated carbocycles. The maximum absolute atomic E-state index is 14.5. The third kappa shape index (κ3) is 3.30. The molecule has 2 aromatic rings. The molecule has 3 unspecified atom stereocenters. The molecule has 7 heteroatoms. The first-order valence-electron chi connectivity index (χ1n) is 9.27. The van der Waals surface area contributed by atoms with Crippen molar-refractivity contribution in [1.29, 1.82) is 0 Å². The van der Waals surface area contributed by atoms with Crippen molar-refractivity contribution in [3.05, 3.63) is 65.0 Å². The number of pyridine rings is 1. The maximum atomic E-state index is 14.5. The number of halogens is 5. The lowest BCUT2D eigenvalue weighted by molar-refractivity contribution is -0.228. The summed E-state index contributed by atoms with van der Waals surface area (Å²) >= 11 is 0. The van der Waals surface area contributed by atoms with Crippen LogP contribution in [0.25, 0.3) is 0 Å². The molecule has 1 saturated heterocycles. The lowest BCUT2D eigenvalue weighted by Crippen LogP contribution is -2.46. The first-order chi connectivity index (χ1) is 12.7. The zero-order valence-electron chi connectivity index (χ0n) is 15.5. The van der Waals surface area contributed by atoms with Gasteiger partial charge in [0.2, 0.25) is 5.67 Å². The molecular weight excluding hydrogens is 392 g/mol. The highest BCUT2D eigenvalue weighted by atomic mass is 35.5. The minimum atomic E-state index is -4.93. The molecule has 0 spiro atoms. The number of benzene rings is 1. The van der Waals surface area contributed by atoms with E-state index in [4.69, 9.17) is 0 Å². The van der Waals surface area contributed by atoms with E-state index in [1.807, 2.05) is 18.2 Å². The molecule has 4 rings (SSSR count). The van der Waals surface area contributed by atoms with Crippen molar-refractivity contribution in [3.63, 3.8) is 0 Å². The Hall–Kier alpha value is -1.66. The standard InChI is InChI=1S/C21H22F4N2.ClH/c1-19(22,21(23,24)25)15-6-7-17-14(12-15)5-8-18-20(17,9-11-27-18)13-16-4-2-3-10-26-16;/h2-4,6-7,10,12,18,27H,5,8-9,11,13H2,1H3;1H. The normalized spacial score (nSPS) is 26.0. The van der Waals surface area contributed by atoms with Gasteiger partial charge in [0, 0.05) is 29.8 Å². The highest BCUT2D eigenvalue weighted by molar-refractivity contribution is 5.85. The first-order valence-corrected chi connectivity index (χ1v) is 9.27. The predicted octanol–water partition coefficient (Wildman–Crippen LogP) is 5.04. The van der Waals surface area contributed by atoms with E-state index in [2.05, 4.69) is 10.3 Å². The summed E-state index contributed by atoms with van der Waals surface area (Å²) in [7, 11) is 0. The second-order valence-electron chi connectivity index (χ2n) is 7.82. The van der Waals surface area contributed by atoms with Gasteiger partial charge in [-0.15, -0.1) is 12.4 Å². The van der Waals surface area contributed by atoms with Crippen LogP contribution in [-0.2, 0) is 23.9 Å². The van der Waals surface area contributed by atoms with Crippen molar-refractivity contribution in [2.45, 2.75) is 55.9 Å². The fourth-order valence-corrected chi connectivity index (χ4v) is 4.71. The number of fused-ring (bicyclic) bond motifs is 3. The average Bonchev–Trinajstić information content (AvgIpc) is 3.05. The van der Waals surface area contributed by atoms with E-state index >= 15 is 0 Å². The molecule has 28 heavy (non-hydrogen) atoms. The zero-order chi connectivity index (χ0) is 19.3. The monoisotopic (exact) mass is 414 g/mol. The Kier molecular flexibility index (Phi) is 5.49. The van der Waals surface area contributed by atoms with Gasteiger partial charge in [0.05, 0.1) is 0 Å². The molecule has 1 aliphatic heterocycles. The Morgan fingerprint density at radius 3 is 2.64 bits per heavy atom. The molecule has 2 heterocycles. The largest absolute Gasteiger partial charge is 0.426 e. The van der Waals surface area contributed by atoms with Gasteiger partial charge in [-0.25, -0.2) is 4.39 Å². The van der Waals surface area contributed by atoms with Crippen LogP contribution in [0.1, 0.15) is 42.1 Å². The highest BCUT2D eigenvalue weighted by Gasteiger charge is 2.54. The highest BCUT2D eigenvalue weighted by Crippen LogP contribution is 2.48. The quantitative estimate of drug-likeness (QED) is 0.712. The van der Waals surface area contributed by atoms with Crippen LogP contribution in [0.2, 0.25) is 0 Å². The van der Waals surface area contributed by atoms with Gasteiger partial charge >= 0.3 is 6.18 Å². The van der Waals surface area contributed by atoms with Gasteiger partial charge in [-0.1, -0.05) is 24.3 Å². The van der Waals surface area contributed by atoms with Gasteiger partial charge < -0.3 is 5.32 Å². The van der Waals surface area contributed by atoms with Crippen LogP contribution in [0, 0.1) is 0 Å². The van der Waals surface area contributed by atoms with Gasteiger partial charge in [0.1, 0.15) is 0 Å². The fourth-order valence-electron chi connectivity index (χ4n) is 4.71. The molecule has 2 aliphatic rings. The Balaban J connectivity index is 0.00000225. The lowest BCUT2D eigenvalue weighted by atomic mass is 9.64. The summed E-state index contributed by atoms with van der Waals surface area (Å²) in [5, 5.41) is 3.55. The van der Waals surface area contributed by atoms with Gasteiger partial charge in [-0.3, -0.25) is 4.98 Å². The number of rotatable bonds is 3. The van der Waals surface area contributed by atoms with Crippen molar-refractivity contribution in [1.82, 2.24) is 10.3 Å². The number of hydrogen-bond acceptors (Lipinski definition) is 2.